The molecule has 0 aliphatic carbocycles. The van der Waals surface area contributed by atoms with Gasteiger partial charge in [0, 0.05) is 53.4 Å². The van der Waals surface area contributed by atoms with Gasteiger partial charge in [0.1, 0.15) is 17.3 Å². The summed E-state index contributed by atoms with van der Waals surface area (Å²) in [6.45, 7) is 9.73. The first kappa shape index (κ1) is 35.3. The highest BCUT2D eigenvalue weighted by atomic mass is 32.2. The number of benzene rings is 3. The zero-order chi connectivity index (χ0) is 35.8. The van der Waals surface area contributed by atoms with Crippen LogP contribution in [0.2, 0.25) is 0 Å². The van der Waals surface area contributed by atoms with Crippen LogP contribution in [0.15, 0.2) is 60.8 Å². The van der Waals surface area contributed by atoms with Gasteiger partial charge < -0.3 is 14.5 Å². The summed E-state index contributed by atoms with van der Waals surface area (Å²) >= 11 is 1.63. The topological polar surface area (TPSA) is 99.1 Å². The molecule has 4 bridgehead atoms. The fourth-order valence-electron chi connectivity index (χ4n) is 6.51. The molecule has 0 radical (unpaired) electrons. The molecule has 3 aromatic carbocycles. The van der Waals surface area contributed by atoms with Crippen molar-refractivity contribution in [1.29, 1.82) is 0 Å². The molecule has 0 saturated heterocycles. The highest BCUT2D eigenvalue weighted by Gasteiger charge is 2.41. The number of Topliss-reactive ketones (excluding diaryl/α,β-unsaturated/α-hetero) is 1. The first-order chi connectivity index (χ1) is 23.8. The van der Waals surface area contributed by atoms with Crippen molar-refractivity contribution in [3.05, 3.63) is 94.9 Å². The lowest BCUT2D eigenvalue weighted by molar-refractivity contribution is -0.147. The summed E-state index contributed by atoms with van der Waals surface area (Å²) in [4.78, 5) is 34.7. The number of esters is 1. The van der Waals surface area contributed by atoms with E-state index in [4.69, 9.17) is 19.6 Å². The van der Waals surface area contributed by atoms with Gasteiger partial charge in [0.15, 0.2) is 23.2 Å². The Morgan fingerprint density at radius 1 is 1.12 bits per heavy atom. The number of thioether (sulfide) groups is 1. The summed E-state index contributed by atoms with van der Waals surface area (Å²) in [6.07, 6.45) is 2.79. The Morgan fingerprint density at radius 3 is 2.70 bits per heavy atom. The van der Waals surface area contributed by atoms with E-state index in [1.807, 2.05) is 58.0 Å². The van der Waals surface area contributed by atoms with Crippen LogP contribution in [0.4, 0.5) is 8.78 Å². The Hall–Kier alpha value is -4.51. The zero-order valence-electron chi connectivity index (χ0n) is 29.2. The molecule has 0 amide bonds. The molecule has 11 heteroatoms. The minimum Gasteiger partial charge on any atom is -0.466 e. The van der Waals surface area contributed by atoms with Crippen LogP contribution >= 0.6 is 11.8 Å². The molecule has 0 fully saturated rings. The van der Waals surface area contributed by atoms with E-state index in [0.29, 0.717) is 47.9 Å². The van der Waals surface area contributed by atoms with Crippen molar-refractivity contribution in [2.24, 2.45) is 18.4 Å². The minimum atomic E-state index is -1.00. The third kappa shape index (κ3) is 6.92. The van der Waals surface area contributed by atoms with Gasteiger partial charge >= 0.3 is 5.97 Å². The van der Waals surface area contributed by atoms with Crippen molar-refractivity contribution in [2.75, 3.05) is 18.1 Å². The molecule has 1 aliphatic heterocycles. The number of carbonyl (C=O) groups is 2. The molecule has 1 aliphatic rings. The number of fused-ring (bicyclic) bond motifs is 8. The van der Waals surface area contributed by atoms with Crippen molar-refractivity contribution >= 4 is 34.4 Å². The fraction of sp³-hybridized carbons (Fsp3) is 0.385. The maximum atomic E-state index is 15.6. The number of carbonyl (C=O) groups excluding carboxylic acids is 2. The van der Waals surface area contributed by atoms with Crippen LogP contribution in [0.5, 0.6) is 11.5 Å². The SMILES string of the molecule is CCOC(=O)C(C)Cc1cccc(C2(C)CC(=O)C(C)(C)CSCCc3c(c(F)cc4[nH]ccc34)Oc3ccc(F)c(c3)-c3nc2nn3C)c1. The third-order valence-electron chi connectivity index (χ3n) is 9.54. The monoisotopic (exact) mass is 700 g/mol. The molecule has 50 heavy (non-hydrogen) atoms. The first-order valence-corrected chi connectivity index (χ1v) is 18.0. The van der Waals surface area contributed by atoms with E-state index in [1.165, 1.54) is 28.9 Å². The molecule has 2 unspecified atom stereocenters. The Kier molecular flexibility index (Phi) is 9.90. The predicted molar refractivity (Wildman–Crippen MR) is 192 cm³/mol. The highest BCUT2D eigenvalue weighted by molar-refractivity contribution is 7.99. The van der Waals surface area contributed by atoms with Crippen LogP contribution in [-0.4, -0.2) is 49.6 Å². The van der Waals surface area contributed by atoms with E-state index < -0.39 is 22.5 Å². The van der Waals surface area contributed by atoms with Gasteiger partial charge in [-0.05, 0) is 67.8 Å². The van der Waals surface area contributed by atoms with Crippen LogP contribution < -0.4 is 4.74 Å². The maximum Gasteiger partial charge on any atom is 0.308 e. The summed E-state index contributed by atoms with van der Waals surface area (Å²) in [5.74, 6) is 0.374. The number of nitrogens with one attached hydrogen (secondary N) is 1. The molecule has 8 nitrogen and oxygen atoms in total. The van der Waals surface area contributed by atoms with Gasteiger partial charge in [0.25, 0.3) is 0 Å². The van der Waals surface area contributed by atoms with E-state index >= 15 is 8.78 Å². The van der Waals surface area contributed by atoms with Crippen molar-refractivity contribution in [2.45, 2.75) is 59.3 Å². The lowest BCUT2D eigenvalue weighted by Gasteiger charge is -2.32. The van der Waals surface area contributed by atoms with Crippen LogP contribution in [-0.2, 0) is 39.6 Å². The number of hydrogen-bond acceptors (Lipinski definition) is 7. The first-order valence-electron chi connectivity index (χ1n) is 16.9. The molecule has 5 aromatic rings. The van der Waals surface area contributed by atoms with Crippen LogP contribution in [0, 0.1) is 23.0 Å². The number of aromatic amines is 1. The molecule has 6 rings (SSSR count). The second-order valence-electron chi connectivity index (χ2n) is 13.9. The molecular weight excluding hydrogens is 659 g/mol. The van der Waals surface area contributed by atoms with Crippen molar-refractivity contribution in [3.63, 3.8) is 0 Å². The number of aromatic nitrogens is 4. The number of aryl methyl sites for hydroxylation is 2. The standard InChI is InChI=1S/C39H42F2N4O4S/c1-7-48-36(47)23(2)17-24-9-8-10-25(18-24)39(5)21-33(46)38(3,4)22-50-16-14-28-27-13-15-42-32(27)20-31(41)34(28)49-26-11-12-30(40)29(19-26)35-43-37(39)44-45(35)6/h8-13,15,18-20,23,42H,7,14,16-17,21-22H2,1-6H3. The quantitative estimate of drug-likeness (QED) is 0.184. The van der Waals surface area contributed by atoms with Gasteiger partial charge in [0.05, 0.1) is 23.5 Å². The van der Waals surface area contributed by atoms with Crippen molar-refractivity contribution < 1.29 is 27.8 Å². The second kappa shape index (κ2) is 14.0. The van der Waals surface area contributed by atoms with E-state index in [1.54, 1.807) is 31.9 Å². The Balaban J connectivity index is 1.47. The third-order valence-corrected chi connectivity index (χ3v) is 11.0. The van der Waals surface area contributed by atoms with Crippen LogP contribution in [0.3, 0.4) is 0 Å². The van der Waals surface area contributed by atoms with E-state index in [9.17, 15) is 9.59 Å². The number of hydrogen-bond donors (Lipinski definition) is 1. The van der Waals surface area contributed by atoms with Gasteiger partial charge in [-0.25, -0.2) is 18.4 Å². The average Bonchev–Trinajstić information content (AvgIpc) is 3.71. The van der Waals surface area contributed by atoms with E-state index in [0.717, 1.165) is 16.5 Å². The van der Waals surface area contributed by atoms with Crippen LogP contribution in [0.25, 0.3) is 22.3 Å². The zero-order valence-corrected chi connectivity index (χ0v) is 30.0. The van der Waals surface area contributed by atoms with Gasteiger partial charge in [-0.15, -0.1) is 0 Å². The number of nitrogens with zero attached hydrogens (tertiary/aromatic N) is 3. The number of H-pyrrole nitrogens is 1. The molecule has 1 N–H and O–H groups in total. The normalized spacial score (nSPS) is 18.6. The van der Waals surface area contributed by atoms with Crippen LogP contribution in [0.1, 0.15) is 63.6 Å². The molecule has 2 aromatic heterocycles. The summed E-state index contributed by atoms with van der Waals surface area (Å²) in [5.41, 5.74) is 1.45. The fourth-order valence-corrected chi connectivity index (χ4v) is 7.67. The highest BCUT2D eigenvalue weighted by Crippen LogP contribution is 2.41. The minimum absolute atomic E-state index is 0.0205. The Labute approximate surface area is 295 Å². The smallest absolute Gasteiger partial charge is 0.308 e. The molecule has 0 saturated carbocycles. The summed E-state index contributed by atoms with van der Waals surface area (Å²) < 4.78 is 44.2. The summed E-state index contributed by atoms with van der Waals surface area (Å²) in [5, 5.41) is 5.62. The van der Waals surface area contributed by atoms with Gasteiger partial charge in [0.2, 0.25) is 0 Å². The predicted octanol–water partition coefficient (Wildman–Crippen LogP) is 8.36. The van der Waals surface area contributed by atoms with E-state index in [2.05, 4.69) is 4.98 Å². The molecule has 262 valence electrons. The maximum absolute atomic E-state index is 15.6. The molecule has 0 spiro atoms. The largest absolute Gasteiger partial charge is 0.466 e. The Bertz CT molecular complexity index is 2070. The number of halogens is 2. The van der Waals surface area contributed by atoms with Crippen molar-refractivity contribution in [1.82, 2.24) is 19.7 Å². The second-order valence-corrected chi connectivity index (χ2v) is 15.0. The van der Waals surface area contributed by atoms with Gasteiger partial charge in [-0.1, -0.05) is 45.0 Å². The molecular formula is C39H42F2N4O4S. The van der Waals surface area contributed by atoms with Gasteiger partial charge in [-0.3, -0.25) is 9.59 Å². The number of ketones is 1. The number of ether oxygens (including phenoxy) is 2. The molecule has 2 atom stereocenters. The molecule has 3 heterocycles. The van der Waals surface area contributed by atoms with Gasteiger partial charge in [-0.2, -0.15) is 16.9 Å². The average molecular weight is 701 g/mol. The lowest BCUT2D eigenvalue weighted by atomic mass is 9.72. The number of rotatable bonds is 5. The van der Waals surface area contributed by atoms with Crippen molar-refractivity contribution in [3.8, 4) is 22.9 Å². The summed E-state index contributed by atoms with van der Waals surface area (Å²) in [6, 6.07) is 15.3. The Morgan fingerprint density at radius 2 is 1.92 bits per heavy atom. The van der Waals surface area contributed by atoms with E-state index in [-0.39, 0.29) is 47.0 Å². The summed E-state index contributed by atoms with van der Waals surface area (Å²) in [7, 11) is 1.68. The lowest BCUT2D eigenvalue weighted by Crippen LogP contribution is -2.36.